The van der Waals surface area contributed by atoms with Gasteiger partial charge in [-0.1, -0.05) is 0 Å². The molecule has 0 atom stereocenters. The van der Waals surface area contributed by atoms with Gasteiger partial charge in [0.15, 0.2) is 0 Å². The molecule has 2 aromatic rings. The first-order valence-electron chi connectivity index (χ1n) is 4.57. The van der Waals surface area contributed by atoms with Crippen molar-refractivity contribution in [3.63, 3.8) is 0 Å². The first kappa shape index (κ1) is 11.4. The van der Waals surface area contributed by atoms with E-state index in [1.54, 1.807) is 0 Å². The Hall–Kier alpha value is -2.05. The maximum atomic E-state index is 12.7. The Labute approximate surface area is 93.3 Å². The second-order valence-electron chi connectivity index (χ2n) is 3.51. The van der Waals surface area contributed by atoms with Crippen molar-refractivity contribution in [1.29, 1.82) is 0 Å². The molecule has 2 heterocycles. The summed E-state index contributed by atoms with van der Waals surface area (Å²) in [6.45, 7) is 0. The Morgan fingerprint density at radius 2 is 2.12 bits per heavy atom. The predicted molar refractivity (Wildman–Crippen MR) is 52.7 cm³/mol. The second-order valence-corrected chi connectivity index (χ2v) is 3.51. The summed E-state index contributed by atoms with van der Waals surface area (Å²) in [6, 6.07) is 1.06. The number of carbonyl (C=O) groups is 1. The summed E-state index contributed by atoms with van der Waals surface area (Å²) < 4.78 is 39.4. The number of halogens is 3. The van der Waals surface area contributed by atoms with E-state index in [0.29, 0.717) is 0 Å². The van der Waals surface area contributed by atoms with E-state index in [2.05, 4.69) is 4.98 Å². The minimum atomic E-state index is -4.60. The van der Waals surface area contributed by atoms with Crippen LogP contribution >= 0.6 is 0 Å². The quantitative estimate of drug-likeness (QED) is 0.837. The van der Waals surface area contributed by atoms with Gasteiger partial charge in [0.2, 0.25) is 0 Å². The van der Waals surface area contributed by atoms with E-state index < -0.39 is 23.3 Å². The highest BCUT2D eigenvalue weighted by atomic mass is 19.4. The van der Waals surface area contributed by atoms with E-state index in [4.69, 9.17) is 5.11 Å². The first-order valence-corrected chi connectivity index (χ1v) is 4.57. The molecular formula is C10H7F3N2O2. The highest BCUT2D eigenvalue weighted by Gasteiger charge is 2.36. The van der Waals surface area contributed by atoms with Gasteiger partial charge >= 0.3 is 12.1 Å². The van der Waals surface area contributed by atoms with Crippen LogP contribution in [0.4, 0.5) is 13.2 Å². The molecule has 7 heteroatoms. The molecule has 0 radical (unpaired) electrons. The topological polar surface area (TPSA) is 55.1 Å². The number of aryl methyl sites for hydroxylation is 1. The molecule has 0 amide bonds. The largest absolute Gasteiger partial charge is 0.478 e. The highest BCUT2D eigenvalue weighted by Crippen LogP contribution is 2.36. The van der Waals surface area contributed by atoms with Gasteiger partial charge in [-0.25, -0.2) is 9.78 Å². The molecule has 90 valence electrons. The molecule has 0 aliphatic rings. The summed E-state index contributed by atoms with van der Waals surface area (Å²) in [5.41, 5.74) is -1.39. The fourth-order valence-electron chi connectivity index (χ4n) is 1.70. The fraction of sp³-hybridized carbons (Fsp3) is 0.200. The Bertz CT molecular complexity index is 601. The van der Waals surface area contributed by atoms with Crippen molar-refractivity contribution in [3.8, 4) is 0 Å². The van der Waals surface area contributed by atoms with Gasteiger partial charge in [0.25, 0.3) is 0 Å². The number of pyridine rings is 1. The van der Waals surface area contributed by atoms with Gasteiger partial charge in [-0.05, 0) is 6.07 Å². The van der Waals surface area contributed by atoms with E-state index in [9.17, 15) is 18.0 Å². The third-order valence-electron chi connectivity index (χ3n) is 2.39. The van der Waals surface area contributed by atoms with Gasteiger partial charge < -0.3 is 9.67 Å². The summed E-state index contributed by atoms with van der Waals surface area (Å²) in [5, 5.41) is 8.50. The van der Waals surface area contributed by atoms with Gasteiger partial charge in [-0.3, -0.25) is 0 Å². The Balaban J connectivity index is 2.91. The van der Waals surface area contributed by atoms with Crippen LogP contribution in [0.15, 0.2) is 18.5 Å². The van der Waals surface area contributed by atoms with Gasteiger partial charge in [0.1, 0.15) is 5.65 Å². The molecule has 0 fully saturated rings. The maximum absolute atomic E-state index is 12.7. The van der Waals surface area contributed by atoms with Gasteiger partial charge in [-0.2, -0.15) is 13.2 Å². The van der Waals surface area contributed by atoms with Crippen molar-refractivity contribution in [1.82, 2.24) is 9.55 Å². The summed E-state index contributed by atoms with van der Waals surface area (Å²) in [4.78, 5) is 14.7. The number of aromatic carboxylic acids is 1. The lowest BCUT2D eigenvalue weighted by atomic mass is 10.1. The molecule has 0 saturated carbocycles. The fourth-order valence-corrected chi connectivity index (χ4v) is 1.70. The Morgan fingerprint density at radius 3 is 2.65 bits per heavy atom. The lowest BCUT2D eigenvalue weighted by Crippen LogP contribution is -2.06. The van der Waals surface area contributed by atoms with Crippen molar-refractivity contribution in [2.75, 3.05) is 0 Å². The van der Waals surface area contributed by atoms with Crippen molar-refractivity contribution in [3.05, 3.63) is 29.6 Å². The average molecular weight is 244 g/mol. The molecular weight excluding hydrogens is 237 g/mol. The van der Waals surface area contributed by atoms with Crippen molar-refractivity contribution in [2.45, 2.75) is 6.18 Å². The molecule has 0 aromatic carbocycles. The minimum Gasteiger partial charge on any atom is -0.478 e. The third kappa shape index (κ3) is 1.73. The van der Waals surface area contributed by atoms with Crippen LogP contribution in [0.25, 0.3) is 11.0 Å². The molecule has 4 nitrogen and oxygen atoms in total. The van der Waals surface area contributed by atoms with Crippen molar-refractivity contribution in [2.24, 2.45) is 7.05 Å². The molecule has 0 aliphatic heterocycles. The molecule has 2 rings (SSSR count). The number of hydrogen-bond acceptors (Lipinski definition) is 2. The van der Waals surface area contributed by atoms with Gasteiger partial charge in [0.05, 0.1) is 11.1 Å². The zero-order valence-electron chi connectivity index (χ0n) is 8.62. The molecule has 2 aromatic heterocycles. The summed E-state index contributed by atoms with van der Waals surface area (Å²) in [7, 11) is 1.39. The number of hydrogen-bond donors (Lipinski definition) is 1. The molecule has 17 heavy (non-hydrogen) atoms. The number of rotatable bonds is 1. The number of aromatic nitrogens is 2. The maximum Gasteiger partial charge on any atom is 0.418 e. The zero-order valence-corrected chi connectivity index (χ0v) is 8.62. The van der Waals surface area contributed by atoms with Crippen LogP contribution < -0.4 is 0 Å². The molecule has 0 bridgehead atoms. The highest BCUT2D eigenvalue weighted by molar-refractivity contribution is 6.03. The van der Waals surface area contributed by atoms with Gasteiger partial charge in [0, 0.05) is 24.8 Å². The van der Waals surface area contributed by atoms with Crippen LogP contribution in [0.2, 0.25) is 0 Å². The summed E-state index contributed by atoms with van der Waals surface area (Å²) in [5.74, 6) is -1.41. The smallest absolute Gasteiger partial charge is 0.418 e. The number of fused-ring (bicyclic) bond motifs is 1. The first-order chi connectivity index (χ1) is 7.82. The SMILES string of the molecule is Cn1cc(C(F)(F)F)c2c(C(=O)O)ccnc21. The third-order valence-corrected chi connectivity index (χ3v) is 2.39. The minimum absolute atomic E-state index is 0.00257. The Morgan fingerprint density at radius 1 is 1.47 bits per heavy atom. The van der Waals surface area contributed by atoms with Crippen molar-refractivity contribution >= 4 is 17.0 Å². The molecule has 0 unspecified atom stereocenters. The Kier molecular flexibility index (Phi) is 2.34. The lowest BCUT2D eigenvalue weighted by Gasteiger charge is -2.05. The number of carboxylic acids is 1. The van der Waals surface area contributed by atoms with Crippen LogP contribution in [0.5, 0.6) is 0 Å². The van der Waals surface area contributed by atoms with E-state index in [-0.39, 0.29) is 11.0 Å². The standard InChI is InChI=1S/C10H7F3N2O2/c1-15-4-6(10(11,12)13)7-5(9(16)17)2-3-14-8(7)15/h2-4H,1H3,(H,16,17). The zero-order chi connectivity index (χ0) is 12.8. The monoisotopic (exact) mass is 244 g/mol. The molecule has 0 saturated heterocycles. The van der Waals surface area contributed by atoms with Crippen molar-refractivity contribution < 1.29 is 23.1 Å². The van der Waals surface area contributed by atoms with Crippen LogP contribution in [0.3, 0.4) is 0 Å². The van der Waals surface area contributed by atoms with E-state index in [0.717, 1.165) is 16.8 Å². The van der Waals surface area contributed by atoms with Crippen LogP contribution in [0, 0.1) is 0 Å². The lowest BCUT2D eigenvalue weighted by molar-refractivity contribution is -0.136. The molecule has 0 aliphatic carbocycles. The number of carboxylic acid groups (broad SMARTS) is 1. The predicted octanol–water partition coefficient (Wildman–Crippen LogP) is 2.29. The normalized spacial score (nSPS) is 12.0. The molecule has 0 spiro atoms. The van der Waals surface area contributed by atoms with Crippen LogP contribution in [-0.2, 0) is 13.2 Å². The average Bonchev–Trinajstić information content (AvgIpc) is 2.56. The summed E-state index contributed by atoms with van der Waals surface area (Å²) in [6.07, 6.45) is -2.59. The van der Waals surface area contributed by atoms with E-state index >= 15 is 0 Å². The van der Waals surface area contributed by atoms with E-state index in [1.807, 2.05) is 0 Å². The van der Waals surface area contributed by atoms with E-state index in [1.165, 1.54) is 13.2 Å². The van der Waals surface area contributed by atoms with Crippen LogP contribution in [0.1, 0.15) is 15.9 Å². The summed E-state index contributed by atoms with van der Waals surface area (Å²) >= 11 is 0. The number of alkyl halides is 3. The second kappa shape index (κ2) is 3.47. The number of nitrogens with zero attached hydrogens (tertiary/aromatic N) is 2. The molecule has 1 N–H and O–H groups in total. The van der Waals surface area contributed by atoms with Gasteiger partial charge in [-0.15, -0.1) is 0 Å². The van der Waals surface area contributed by atoms with Crippen LogP contribution in [-0.4, -0.2) is 20.6 Å².